The van der Waals surface area contributed by atoms with E-state index in [1.165, 1.54) is 4.88 Å². The molecule has 0 unspecified atom stereocenters. The molecule has 6 heteroatoms. The maximum atomic E-state index is 6.01. The molecule has 0 amide bonds. The molecule has 0 aliphatic rings. The molecule has 0 saturated heterocycles. The minimum absolute atomic E-state index is 0.507. The lowest BCUT2D eigenvalue weighted by Gasteiger charge is -2.02. The van der Waals surface area contributed by atoms with Gasteiger partial charge in [-0.25, -0.2) is 19.9 Å². The Balaban J connectivity index is 2.20. The highest BCUT2D eigenvalue weighted by Crippen LogP contribution is 2.29. The van der Waals surface area contributed by atoms with Crippen LogP contribution in [0.3, 0.4) is 0 Å². The van der Waals surface area contributed by atoms with Crippen molar-refractivity contribution >= 4 is 27.4 Å². The fraction of sp³-hybridized carbons (Fsp3) is 0.231. The molecule has 0 spiro atoms. The number of thiophene rings is 1. The van der Waals surface area contributed by atoms with Crippen molar-refractivity contribution in [3.8, 4) is 11.5 Å². The second kappa shape index (κ2) is 4.55. The van der Waals surface area contributed by atoms with E-state index < -0.39 is 0 Å². The van der Waals surface area contributed by atoms with Crippen LogP contribution in [0.25, 0.3) is 21.7 Å². The Morgan fingerprint density at radius 3 is 2.84 bits per heavy atom. The van der Waals surface area contributed by atoms with Crippen LogP contribution >= 0.6 is 11.3 Å². The summed E-state index contributed by atoms with van der Waals surface area (Å²) in [5, 5.41) is 0.927. The van der Waals surface area contributed by atoms with Gasteiger partial charge in [-0.3, -0.25) is 0 Å². The lowest BCUT2D eigenvalue weighted by molar-refractivity contribution is 1.04. The predicted octanol–water partition coefficient (Wildman–Crippen LogP) is 2.60. The van der Waals surface area contributed by atoms with E-state index in [1.54, 1.807) is 23.6 Å². The molecule has 3 heterocycles. The second-order valence-electron chi connectivity index (χ2n) is 4.21. The summed E-state index contributed by atoms with van der Waals surface area (Å²) in [4.78, 5) is 19.5. The highest BCUT2D eigenvalue weighted by atomic mass is 32.1. The van der Waals surface area contributed by atoms with Gasteiger partial charge in [-0.05, 0) is 25.5 Å². The predicted molar refractivity (Wildman–Crippen MR) is 77.0 cm³/mol. The summed E-state index contributed by atoms with van der Waals surface area (Å²) in [5.41, 5.74) is 6.71. The molecule has 0 saturated carbocycles. The number of aromatic nitrogens is 4. The zero-order chi connectivity index (χ0) is 13.4. The van der Waals surface area contributed by atoms with E-state index in [0.717, 1.165) is 16.6 Å². The molecule has 3 rings (SSSR count). The van der Waals surface area contributed by atoms with Crippen LogP contribution in [0.4, 0.5) is 5.82 Å². The molecule has 0 aliphatic heterocycles. The van der Waals surface area contributed by atoms with Crippen LogP contribution < -0.4 is 5.73 Å². The van der Waals surface area contributed by atoms with Gasteiger partial charge in [-0.15, -0.1) is 11.3 Å². The van der Waals surface area contributed by atoms with Crippen LogP contribution in [0, 0.1) is 6.92 Å². The van der Waals surface area contributed by atoms with Gasteiger partial charge < -0.3 is 5.73 Å². The molecule has 3 aromatic rings. The van der Waals surface area contributed by atoms with Gasteiger partial charge in [0, 0.05) is 11.1 Å². The summed E-state index contributed by atoms with van der Waals surface area (Å²) in [5.74, 6) is 1.76. The number of anilines is 1. The maximum absolute atomic E-state index is 6.01. The van der Waals surface area contributed by atoms with Crippen molar-refractivity contribution < 1.29 is 0 Å². The van der Waals surface area contributed by atoms with Crippen molar-refractivity contribution in [1.82, 2.24) is 19.9 Å². The standard InChI is InChI=1S/C13H13N5S/c1-3-8-6-9-11(14)17-12(18-13(9)19-8)10-4-5-15-7(2)16-10/h4-6H,3H2,1-2H3,(H2,14,17,18). The SMILES string of the molecule is CCc1cc2c(N)nc(-c3ccnc(C)n3)nc2s1. The molecule has 19 heavy (non-hydrogen) atoms. The van der Waals surface area contributed by atoms with Gasteiger partial charge in [0.2, 0.25) is 0 Å². The number of nitrogens with two attached hydrogens (primary N) is 1. The fourth-order valence-corrected chi connectivity index (χ4v) is 2.84. The molecule has 0 aromatic carbocycles. The van der Waals surface area contributed by atoms with Crippen LogP contribution in [0.1, 0.15) is 17.6 Å². The third kappa shape index (κ3) is 2.15. The molecule has 0 fully saturated rings. The first-order chi connectivity index (χ1) is 9.17. The van der Waals surface area contributed by atoms with E-state index in [2.05, 4.69) is 32.9 Å². The number of aryl methyl sites for hydroxylation is 2. The summed E-state index contributed by atoms with van der Waals surface area (Å²) in [6.45, 7) is 3.95. The molecular formula is C13H13N5S. The van der Waals surface area contributed by atoms with E-state index in [9.17, 15) is 0 Å². The third-order valence-corrected chi connectivity index (χ3v) is 4.00. The van der Waals surface area contributed by atoms with Gasteiger partial charge in [-0.2, -0.15) is 0 Å². The van der Waals surface area contributed by atoms with E-state index in [0.29, 0.717) is 23.2 Å². The number of nitrogen functional groups attached to an aromatic ring is 1. The van der Waals surface area contributed by atoms with E-state index in [1.807, 2.05) is 6.92 Å². The Morgan fingerprint density at radius 1 is 1.26 bits per heavy atom. The number of fused-ring (bicyclic) bond motifs is 1. The van der Waals surface area contributed by atoms with Gasteiger partial charge in [0.1, 0.15) is 22.2 Å². The van der Waals surface area contributed by atoms with E-state index in [-0.39, 0.29) is 0 Å². The average Bonchev–Trinajstić information content (AvgIpc) is 2.82. The van der Waals surface area contributed by atoms with Gasteiger partial charge in [0.25, 0.3) is 0 Å². The van der Waals surface area contributed by atoms with E-state index in [4.69, 9.17) is 5.73 Å². The first-order valence-corrected chi connectivity index (χ1v) is 6.85. The highest BCUT2D eigenvalue weighted by Gasteiger charge is 2.11. The summed E-state index contributed by atoms with van der Waals surface area (Å²) < 4.78 is 0. The molecule has 0 radical (unpaired) electrons. The van der Waals surface area contributed by atoms with Crippen LogP contribution in [-0.2, 0) is 6.42 Å². The molecule has 0 aliphatic carbocycles. The summed E-state index contributed by atoms with van der Waals surface area (Å²) in [6.07, 6.45) is 2.68. The molecule has 5 nitrogen and oxygen atoms in total. The maximum Gasteiger partial charge on any atom is 0.181 e. The summed E-state index contributed by atoms with van der Waals surface area (Å²) >= 11 is 1.65. The first-order valence-electron chi connectivity index (χ1n) is 6.03. The second-order valence-corrected chi connectivity index (χ2v) is 5.32. The van der Waals surface area contributed by atoms with Gasteiger partial charge >= 0.3 is 0 Å². The zero-order valence-corrected chi connectivity index (χ0v) is 11.5. The normalized spacial score (nSPS) is 11.1. The Morgan fingerprint density at radius 2 is 2.11 bits per heavy atom. The molecule has 3 aromatic heterocycles. The lowest BCUT2D eigenvalue weighted by Crippen LogP contribution is -1.98. The van der Waals surface area contributed by atoms with E-state index >= 15 is 0 Å². The van der Waals surface area contributed by atoms with Gasteiger partial charge in [0.05, 0.1) is 5.39 Å². The topological polar surface area (TPSA) is 77.6 Å². The smallest absolute Gasteiger partial charge is 0.181 e. The number of hydrogen-bond acceptors (Lipinski definition) is 6. The minimum Gasteiger partial charge on any atom is -0.383 e. The van der Waals surface area contributed by atoms with Crippen molar-refractivity contribution in [1.29, 1.82) is 0 Å². The molecule has 2 N–H and O–H groups in total. The molecule has 0 bridgehead atoms. The molecule has 96 valence electrons. The van der Waals surface area contributed by atoms with Crippen molar-refractivity contribution in [2.45, 2.75) is 20.3 Å². The van der Waals surface area contributed by atoms with Crippen molar-refractivity contribution in [3.63, 3.8) is 0 Å². The Kier molecular flexibility index (Phi) is 2.87. The van der Waals surface area contributed by atoms with Crippen molar-refractivity contribution in [2.75, 3.05) is 5.73 Å². The van der Waals surface area contributed by atoms with Crippen LogP contribution in [0.2, 0.25) is 0 Å². The average molecular weight is 271 g/mol. The van der Waals surface area contributed by atoms with Gasteiger partial charge in [0.15, 0.2) is 5.82 Å². The Bertz CT molecular complexity index is 750. The number of rotatable bonds is 2. The summed E-state index contributed by atoms with van der Waals surface area (Å²) in [6, 6.07) is 3.85. The zero-order valence-electron chi connectivity index (χ0n) is 10.7. The van der Waals surface area contributed by atoms with Crippen LogP contribution in [0.5, 0.6) is 0 Å². The van der Waals surface area contributed by atoms with Crippen molar-refractivity contribution in [2.24, 2.45) is 0 Å². The number of nitrogens with zero attached hydrogens (tertiary/aromatic N) is 4. The Labute approximate surface area is 114 Å². The van der Waals surface area contributed by atoms with Crippen LogP contribution in [-0.4, -0.2) is 19.9 Å². The minimum atomic E-state index is 0.507. The monoisotopic (exact) mass is 271 g/mol. The first kappa shape index (κ1) is 12.0. The summed E-state index contributed by atoms with van der Waals surface area (Å²) in [7, 11) is 0. The van der Waals surface area contributed by atoms with Crippen molar-refractivity contribution in [3.05, 3.63) is 29.0 Å². The quantitative estimate of drug-likeness (QED) is 0.775. The highest BCUT2D eigenvalue weighted by molar-refractivity contribution is 7.18. The lowest BCUT2D eigenvalue weighted by atomic mass is 10.3. The molecule has 0 atom stereocenters. The number of hydrogen-bond donors (Lipinski definition) is 1. The fourth-order valence-electron chi connectivity index (χ4n) is 1.86. The van der Waals surface area contributed by atoms with Gasteiger partial charge in [-0.1, -0.05) is 6.92 Å². The Hall–Kier alpha value is -2.08. The third-order valence-electron chi connectivity index (χ3n) is 2.83. The van der Waals surface area contributed by atoms with Crippen LogP contribution in [0.15, 0.2) is 18.3 Å². The molecular weight excluding hydrogens is 258 g/mol. The largest absolute Gasteiger partial charge is 0.383 e.